The second-order valence-corrected chi connectivity index (χ2v) is 5.61. The molecule has 0 aliphatic carbocycles. The Labute approximate surface area is 152 Å². The minimum Gasteiger partial charge on any atom is -0.497 e. The number of carbonyl (C=O) groups excluding carboxylic acids is 1. The maximum absolute atomic E-state index is 11.6. The third kappa shape index (κ3) is 4.03. The number of ether oxygens (including phenoxy) is 3. The number of halogens is 1. The van der Waals surface area contributed by atoms with Gasteiger partial charge in [-0.05, 0) is 18.2 Å². The number of hydrogen-bond acceptors (Lipinski definition) is 6. The molecule has 0 spiro atoms. The fraction of sp³-hybridized carbons (Fsp3) is 0.333. The van der Waals surface area contributed by atoms with Gasteiger partial charge in [0.1, 0.15) is 17.9 Å². The second-order valence-electron chi connectivity index (χ2n) is 5.61. The van der Waals surface area contributed by atoms with Crippen molar-refractivity contribution in [2.24, 2.45) is 0 Å². The molecule has 1 N–H and O–H groups in total. The Hall–Kier alpha value is -2.31. The van der Waals surface area contributed by atoms with Crippen LogP contribution in [0.2, 0.25) is 0 Å². The van der Waals surface area contributed by atoms with Crippen molar-refractivity contribution in [1.29, 1.82) is 0 Å². The van der Waals surface area contributed by atoms with Crippen LogP contribution in [0.15, 0.2) is 30.8 Å². The lowest BCUT2D eigenvalue weighted by molar-refractivity contribution is -0.142. The van der Waals surface area contributed by atoms with E-state index in [2.05, 4.69) is 16.9 Å². The van der Waals surface area contributed by atoms with E-state index in [0.29, 0.717) is 18.8 Å². The summed E-state index contributed by atoms with van der Waals surface area (Å²) in [6.45, 7) is 4.39. The van der Waals surface area contributed by atoms with Crippen LogP contribution < -0.4 is 14.8 Å². The first-order valence-electron chi connectivity index (χ1n) is 7.73. The zero-order valence-corrected chi connectivity index (χ0v) is 15.0. The number of nitrogens with zero attached hydrogens (tertiary/aromatic N) is 1. The number of esters is 1. The van der Waals surface area contributed by atoms with E-state index in [9.17, 15) is 4.79 Å². The van der Waals surface area contributed by atoms with Gasteiger partial charge in [-0.2, -0.15) is 0 Å². The van der Waals surface area contributed by atoms with Crippen molar-refractivity contribution in [3.05, 3.63) is 36.4 Å². The SMILES string of the molecule is C=Cc1cc2ccc(OC)cc2nc1O[C@H]1CN[C@H](C(=O)OC)C1.Cl. The summed E-state index contributed by atoms with van der Waals surface area (Å²) in [5, 5.41) is 4.08. The molecular formula is C18H21ClN2O4. The summed E-state index contributed by atoms with van der Waals surface area (Å²) in [6.07, 6.45) is 2.11. The molecule has 2 atom stereocenters. The molecule has 1 saturated heterocycles. The molecule has 2 heterocycles. The molecule has 6 nitrogen and oxygen atoms in total. The Morgan fingerprint density at radius 1 is 1.36 bits per heavy atom. The van der Waals surface area contributed by atoms with Crippen molar-refractivity contribution < 1.29 is 19.0 Å². The lowest BCUT2D eigenvalue weighted by Crippen LogP contribution is -2.31. The summed E-state index contributed by atoms with van der Waals surface area (Å²) < 4.78 is 16.0. The first-order valence-corrected chi connectivity index (χ1v) is 7.73. The predicted molar refractivity (Wildman–Crippen MR) is 98.5 cm³/mol. The van der Waals surface area contributed by atoms with E-state index in [4.69, 9.17) is 14.2 Å². The summed E-state index contributed by atoms with van der Waals surface area (Å²) in [5.74, 6) is 0.963. The number of rotatable bonds is 5. The van der Waals surface area contributed by atoms with Gasteiger partial charge in [0.25, 0.3) is 0 Å². The summed E-state index contributed by atoms with van der Waals surface area (Å²) in [6, 6.07) is 7.33. The smallest absolute Gasteiger partial charge is 0.323 e. The number of hydrogen-bond donors (Lipinski definition) is 1. The first kappa shape index (κ1) is 19.0. The molecule has 0 radical (unpaired) electrons. The average molecular weight is 365 g/mol. The van der Waals surface area contributed by atoms with Gasteiger partial charge in [0.15, 0.2) is 0 Å². The Kier molecular flexibility index (Phi) is 6.22. The standard InChI is InChI=1S/C18H20N2O4.ClH/c1-4-11-7-12-5-6-13(22-2)8-15(12)20-17(11)24-14-9-16(19-10-14)18(21)23-3;/h4-8,14,16,19H,1,9-10H2,2-3H3;1H/t14-,16+;/m1./s1. The summed E-state index contributed by atoms with van der Waals surface area (Å²) in [5.41, 5.74) is 1.60. The van der Waals surface area contributed by atoms with E-state index < -0.39 is 0 Å². The number of benzene rings is 1. The zero-order chi connectivity index (χ0) is 17.1. The summed E-state index contributed by atoms with van der Waals surface area (Å²) in [4.78, 5) is 16.2. The quantitative estimate of drug-likeness (QED) is 0.822. The molecule has 3 rings (SSSR count). The van der Waals surface area contributed by atoms with Gasteiger partial charge in [0.2, 0.25) is 5.88 Å². The van der Waals surface area contributed by atoms with E-state index in [1.54, 1.807) is 13.2 Å². The van der Waals surface area contributed by atoms with Crippen LogP contribution in [0.3, 0.4) is 0 Å². The van der Waals surface area contributed by atoms with Gasteiger partial charge >= 0.3 is 5.97 Å². The Balaban J connectivity index is 0.00000225. The highest BCUT2D eigenvalue weighted by Gasteiger charge is 2.32. The van der Waals surface area contributed by atoms with E-state index in [-0.39, 0.29) is 30.5 Å². The van der Waals surface area contributed by atoms with Crippen LogP contribution in [0, 0.1) is 0 Å². The maximum Gasteiger partial charge on any atom is 0.323 e. The van der Waals surface area contributed by atoms with Crippen molar-refractivity contribution in [3.8, 4) is 11.6 Å². The monoisotopic (exact) mass is 364 g/mol. The lowest BCUT2D eigenvalue weighted by atomic mass is 10.1. The third-order valence-corrected chi connectivity index (χ3v) is 4.09. The molecule has 0 saturated carbocycles. The van der Waals surface area contributed by atoms with Crippen molar-refractivity contribution in [3.63, 3.8) is 0 Å². The lowest BCUT2D eigenvalue weighted by Gasteiger charge is -2.15. The highest BCUT2D eigenvalue weighted by atomic mass is 35.5. The van der Waals surface area contributed by atoms with Crippen molar-refractivity contribution in [2.45, 2.75) is 18.6 Å². The summed E-state index contributed by atoms with van der Waals surface area (Å²) >= 11 is 0. The van der Waals surface area contributed by atoms with Crippen molar-refractivity contribution >= 4 is 35.4 Å². The van der Waals surface area contributed by atoms with Crippen LogP contribution in [-0.4, -0.2) is 43.9 Å². The fourth-order valence-electron chi connectivity index (χ4n) is 2.79. The number of pyridine rings is 1. The number of aromatic nitrogens is 1. The molecule has 7 heteroatoms. The van der Waals surface area contributed by atoms with E-state index in [1.807, 2.05) is 24.3 Å². The van der Waals surface area contributed by atoms with Crippen molar-refractivity contribution in [2.75, 3.05) is 20.8 Å². The highest BCUT2D eigenvalue weighted by molar-refractivity contribution is 5.85. The molecule has 1 fully saturated rings. The van der Waals surface area contributed by atoms with Crippen LogP contribution in [0.5, 0.6) is 11.6 Å². The van der Waals surface area contributed by atoms with Gasteiger partial charge in [-0.3, -0.25) is 4.79 Å². The van der Waals surface area contributed by atoms with Gasteiger partial charge in [0, 0.05) is 30.0 Å². The van der Waals surface area contributed by atoms with E-state index >= 15 is 0 Å². The number of methoxy groups -OCH3 is 2. The minimum atomic E-state index is -0.340. The van der Waals surface area contributed by atoms with Crippen LogP contribution in [0.25, 0.3) is 17.0 Å². The van der Waals surface area contributed by atoms with Gasteiger partial charge in [-0.1, -0.05) is 12.7 Å². The van der Waals surface area contributed by atoms with Crippen LogP contribution in [-0.2, 0) is 9.53 Å². The molecule has 0 bridgehead atoms. The van der Waals surface area contributed by atoms with Crippen LogP contribution in [0.1, 0.15) is 12.0 Å². The molecule has 1 aromatic carbocycles. The topological polar surface area (TPSA) is 69.7 Å². The van der Waals surface area contributed by atoms with Gasteiger partial charge in [0.05, 0.1) is 19.7 Å². The Bertz CT molecular complexity index is 781. The fourth-order valence-corrected chi connectivity index (χ4v) is 2.79. The van der Waals surface area contributed by atoms with Gasteiger partial charge < -0.3 is 19.5 Å². The van der Waals surface area contributed by atoms with E-state index in [0.717, 1.165) is 22.2 Å². The number of fused-ring (bicyclic) bond motifs is 1. The second kappa shape index (κ2) is 8.18. The maximum atomic E-state index is 11.6. The third-order valence-electron chi connectivity index (χ3n) is 4.09. The molecule has 0 unspecified atom stereocenters. The predicted octanol–water partition coefficient (Wildman–Crippen LogP) is 2.59. The molecule has 134 valence electrons. The first-order chi connectivity index (χ1) is 11.6. The number of nitrogens with one attached hydrogen (secondary N) is 1. The normalized spacial score (nSPS) is 19.1. The van der Waals surface area contributed by atoms with Crippen LogP contribution in [0.4, 0.5) is 0 Å². The molecule has 0 amide bonds. The molecule has 1 aromatic heterocycles. The molecule has 25 heavy (non-hydrogen) atoms. The minimum absolute atomic E-state index is 0. The van der Waals surface area contributed by atoms with Crippen molar-refractivity contribution in [1.82, 2.24) is 10.3 Å². The van der Waals surface area contributed by atoms with Crippen LogP contribution >= 0.6 is 12.4 Å². The molecule has 1 aliphatic heterocycles. The van der Waals surface area contributed by atoms with Gasteiger partial charge in [-0.25, -0.2) is 4.98 Å². The zero-order valence-electron chi connectivity index (χ0n) is 14.2. The van der Waals surface area contributed by atoms with Gasteiger partial charge in [-0.15, -0.1) is 12.4 Å². The molecule has 2 aromatic rings. The van der Waals surface area contributed by atoms with E-state index in [1.165, 1.54) is 7.11 Å². The average Bonchev–Trinajstić information content (AvgIpc) is 3.08. The Morgan fingerprint density at radius 2 is 2.16 bits per heavy atom. The summed E-state index contributed by atoms with van der Waals surface area (Å²) in [7, 11) is 3.00. The molecular weight excluding hydrogens is 344 g/mol. The largest absolute Gasteiger partial charge is 0.497 e. The highest BCUT2D eigenvalue weighted by Crippen LogP contribution is 2.28. The number of carbonyl (C=O) groups is 1. The molecule has 1 aliphatic rings. The Morgan fingerprint density at radius 3 is 2.84 bits per heavy atom.